The molecule has 0 aromatic heterocycles. The first-order valence-electron chi connectivity index (χ1n) is 16.4. The lowest BCUT2D eigenvalue weighted by Crippen LogP contribution is -2.49. The van der Waals surface area contributed by atoms with Crippen LogP contribution in [-0.2, 0) is 35.1 Å². The molecule has 0 radical (unpaired) electrons. The molecule has 0 aliphatic carbocycles. The van der Waals surface area contributed by atoms with Gasteiger partial charge in [0.2, 0.25) is 5.60 Å². The number of halogens is 3. The van der Waals surface area contributed by atoms with E-state index in [0.29, 0.717) is 42.2 Å². The highest BCUT2D eigenvalue weighted by atomic mass is 19.4. The van der Waals surface area contributed by atoms with E-state index in [1.165, 1.54) is 12.1 Å². The number of amides is 2. The van der Waals surface area contributed by atoms with Crippen LogP contribution in [0.5, 0.6) is 17.2 Å². The predicted octanol–water partition coefficient (Wildman–Crippen LogP) is 7.63. The van der Waals surface area contributed by atoms with Gasteiger partial charge in [-0.15, -0.1) is 0 Å². The van der Waals surface area contributed by atoms with Crippen molar-refractivity contribution in [2.75, 3.05) is 26.9 Å². The Balaban J connectivity index is 1.31. The molecule has 264 valence electrons. The number of methoxy groups -OCH3 is 1. The van der Waals surface area contributed by atoms with Gasteiger partial charge in [-0.25, -0.2) is 9.59 Å². The molecule has 2 unspecified atom stereocenters. The predicted molar refractivity (Wildman–Crippen MR) is 182 cm³/mol. The summed E-state index contributed by atoms with van der Waals surface area (Å²) < 4.78 is 62.7. The molecule has 1 aliphatic rings. The fraction of sp³-hybridized carbons (Fsp3) is 0.333. The Bertz CT molecular complexity index is 1720. The molecule has 0 bridgehead atoms. The van der Waals surface area contributed by atoms with Gasteiger partial charge in [0.15, 0.2) is 0 Å². The number of rotatable bonds is 15. The summed E-state index contributed by atoms with van der Waals surface area (Å²) in [6.45, 7) is 4.47. The summed E-state index contributed by atoms with van der Waals surface area (Å²) in [4.78, 5) is 27.9. The highest BCUT2D eigenvalue weighted by molar-refractivity contribution is 5.80. The number of carbonyl (C=O) groups is 2. The molecule has 11 heteroatoms. The normalized spacial score (nSPS) is 17.1. The molecular formula is C39H41F3N2O6. The highest BCUT2D eigenvalue weighted by Crippen LogP contribution is 2.34. The van der Waals surface area contributed by atoms with Gasteiger partial charge in [0.25, 0.3) is 0 Å². The van der Waals surface area contributed by atoms with Gasteiger partial charge >= 0.3 is 18.2 Å². The lowest BCUT2D eigenvalue weighted by Gasteiger charge is -2.37. The topological polar surface area (TPSA) is 86.3 Å². The first-order valence-corrected chi connectivity index (χ1v) is 16.4. The third-order valence-corrected chi connectivity index (χ3v) is 8.80. The second-order valence-electron chi connectivity index (χ2n) is 12.5. The number of hydrogen-bond donors (Lipinski definition) is 1. The van der Waals surface area contributed by atoms with Crippen molar-refractivity contribution in [3.8, 4) is 17.2 Å². The van der Waals surface area contributed by atoms with Crippen molar-refractivity contribution in [3.05, 3.63) is 125 Å². The van der Waals surface area contributed by atoms with Gasteiger partial charge in [-0.05, 0) is 85.5 Å². The fourth-order valence-corrected chi connectivity index (χ4v) is 6.09. The first-order chi connectivity index (χ1) is 23.9. The summed E-state index contributed by atoms with van der Waals surface area (Å²) in [5.41, 5.74) is -0.402. The average molecular weight is 691 g/mol. The number of ether oxygens (including phenoxy) is 4. The second-order valence-corrected chi connectivity index (χ2v) is 12.5. The molecule has 4 aromatic rings. The van der Waals surface area contributed by atoms with Gasteiger partial charge in [-0.3, -0.25) is 0 Å². The molecule has 1 N–H and O–H groups in total. The molecule has 2 amide bonds. The molecule has 0 spiro atoms. The van der Waals surface area contributed by atoms with Crippen LogP contribution in [0.3, 0.4) is 0 Å². The Morgan fingerprint density at radius 3 is 2.08 bits per heavy atom. The molecule has 1 fully saturated rings. The van der Waals surface area contributed by atoms with Crippen LogP contribution >= 0.6 is 0 Å². The van der Waals surface area contributed by atoms with Crippen LogP contribution in [0.1, 0.15) is 42.5 Å². The van der Waals surface area contributed by atoms with E-state index >= 15 is 0 Å². The summed E-state index contributed by atoms with van der Waals surface area (Å²) in [5.74, 6) is 1.35. The maximum Gasteiger partial charge on any atom is 0.416 e. The van der Waals surface area contributed by atoms with Crippen molar-refractivity contribution >= 4 is 12.0 Å². The number of nitrogens with one attached hydrogen (secondary N) is 1. The van der Waals surface area contributed by atoms with E-state index in [0.717, 1.165) is 23.3 Å². The van der Waals surface area contributed by atoms with Crippen LogP contribution in [0.2, 0.25) is 0 Å². The standard InChI is InChI=1S/C39H41F3N2O6/c1-4-48-35(45)37(2,50-34-8-6-5-7-9-34)24-28-12-20-33(21-13-28)49-23-22-38(25-29-10-16-31(17-11-29)39(40,41)42)27-43-36(46)44(38)26-30-14-18-32(47-3)19-15-30/h5-21H,4,22-27H2,1-3H3,(H,43,46). The van der Waals surface area contributed by atoms with Crippen LogP contribution in [0.15, 0.2) is 103 Å². The Morgan fingerprint density at radius 2 is 1.46 bits per heavy atom. The van der Waals surface area contributed by atoms with Crippen molar-refractivity contribution in [3.63, 3.8) is 0 Å². The smallest absolute Gasteiger partial charge is 0.416 e. The van der Waals surface area contributed by atoms with Gasteiger partial charge in [-0.1, -0.05) is 54.6 Å². The third-order valence-electron chi connectivity index (χ3n) is 8.80. The van der Waals surface area contributed by atoms with Crippen molar-refractivity contribution in [2.24, 2.45) is 0 Å². The Hall–Kier alpha value is -5.19. The summed E-state index contributed by atoms with van der Waals surface area (Å²) in [7, 11) is 1.58. The zero-order valence-corrected chi connectivity index (χ0v) is 28.3. The van der Waals surface area contributed by atoms with Crippen molar-refractivity contribution < 1.29 is 41.7 Å². The largest absolute Gasteiger partial charge is 0.497 e. The fourth-order valence-electron chi connectivity index (χ4n) is 6.09. The number of urea groups is 1. The van der Waals surface area contributed by atoms with Crippen LogP contribution in [0.4, 0.5) is 18.0 Å². The third kappa shape index (κ3) is 8.88. The van der Waals surface area contributed by atoms with Crippen molar-refractivity contribution in [1.82, 2.24) is 10.2 Å². The molecule has 0 saturated carbocycles. The van der Waals surface area contributed by atoms with E-state index in [4.69, 9.17) is 18.9 Å². The summed E-state index contributed by atoms with van der Waals surface area (Å²) in [6, 6.07) is 28.6. The zero-order valence-electron chi connectivity index (χ0n) is 28.3. The molecular weight excluding hydrogens is 649 g/mol. The average Bonchev–Trinajstić information content (AvgIpc) is 3.39. The molecule has 1 heterocycles. The number of benzene rings is 4. The maximum absolute atomic E-state index is 13.3. The molecule has 2 atom stereocenters. The quantitative estimate of drug-likeness (QED) is 0.129. The van der Waals surface area contributed by atoms with Gasteiger partial charge in [0.05, 0.1) is 31.4 Å². The maximum atomic E-state index is 13.3. The van der Waals surface area contributed by atoms with E-state index in [2.05, 4.69) is 5.32 Å². The zero-order chi connectivity index (χ0) is 35.8. The van der Waals surface area contributed by atoms with Crippen LogP contribution in [-0.4, -0.2) is 54.9 Å². The molecule has 5 rings (SSSR count). The number of hydrogen-bond acceptors (Lipinski definition) is 6. The molecule has 1 aliphatic heterocycles. The first kappa shape index (κ1) is 36.1. The number of alkyl halides is 3. The van der Waals surface area contributed by atoms with E-state index < -0.39 is 28.8 Å². The monoisotopic (exact) mass is 690 g/mol. The minimum atomic E-state index is -4.45. The second kappa shape index (κ2) is 15.6. The number of para-hydroxylation sites is 1. The molecule has 1 saturated heterocycles. The molecule has 8 nitrogen and oxygen atoms in total. The Labute approximate surface area is 290 Å². The van der Waals surface area contributed by atoms with Gasteiger partial charge in [0, 0.05) is 25.9 Å². The Morgan fingerprint density at radius 1 is 0.840 bits per heavy atom. The SMILES string of the molecule is CCOC(=O)C(C)(Cc1ccc(OCCC2(Cc3ccc(C(F)(F)F)cc3)CNC(=O)N2Cc2ccc(OC)cc2)cc1)Oc1ccccc1. The van der Waals surface area contributed by atoms with Gasteiger partial charge < -0.3 is 29.2 Å². The van der Waals surface area contributed by atoms with Gasteiger partial charge in [0.1, 0.15) is 17.2 Å². The van der Waals surface area contributed by atoms with Crippen molar-refractivity contribution in [2.45, 2.75) is 57.0 Å². The van der Waals surface area contributed by atoms with Crippen LogP contribution in [0.25, 0.3) is 0 Å². The van der Waals surface area contributed by atoms with Crippen LogP contribution in [0, 0.1) is 0 Å². The Kier molecular flexibility index (Phi) is 11.2. The summed E-state index contributed by atoms with van der Waals surface area (Å²) >= 11 is 0. The molecule has 50 heavy (non-hydrogen) atoms. The van der Waals surface area contributed by atoms with Crippen LogP contribution < -0.4 is 19.5 Å². The number of nitrogens with zero attached hydrogens (tertiary/aromatic N) is 1. The van der Waals surface area contributed by atoms with Gasteiger partial charge in [-0.2, -0.15) is 13.2 Å². The van der Waals surface area contributed by atoms with Crippen molar-refractivity contribution in [1.29, 1.82) is 0 Å². The lowest BCUT2D eigenvalue weighted by atomic mass is 9.86. The van der Waals surface area contributed by atoms with E-state index in [1.54, 1.807) is 50.1 Å². The minimum Gasteiger partial charge on any atom is -0.497 e. The molecule has 4 aromatic carbocycles. The number of carbonyl (C=O) groups excluding carboxylic acids is 2. The summed E-state index contributed by atoms with van der Waals surface area (Å²) in [5, 5.41) is 2.95. The van der Waals surface area contributed by atoms with E-state index in [1.807, 2.05) is 54.6 Å². The van der Waals surface area contributed by atoms with E-state index in [-0.39, 0.29) is 32.2 Å². The lowest BCUT2D eigenvalue weighted by molar-refractivity contribution is -0.160. The number of esters is 1. The minimum absolute atomic E-state index is 0.221. The highest BCUT2D eigenvalue weighted by Gasteiger charge is 2.45. The summed E-state index contributed by atoms with van der Waals surface area (Å²) in [6.07, 6.45) is -3.48. The van der Waals surface area contributed by atoms with E-state index in [9.17, 15) is 22.8 Å².